The Balaban J connectivity index is 1.24. The molecule has 0 aliphatic carbocycles. The van der Waals surface area contributed by atoms with Gasteiger partial charge in [-0.3, -0.25) is 4.68 Å². The lowest BCUT2D eigenvalue weighted by Crippen LogP contribution is -2.00. The summed E-state index contributed by atoms with van der Waals surface area (Å²) in [4.78, 5) is 4.37. The van der Waals surface area contributed by atoms with Gasteiger partial charge in [0.1, 0.15) is 30.1 Å². The molecule has 4 rings (SSSR count). The molecule has 7 heteroatoms. The van der Waals surface area contributed by atoms with Crippen molar-refractivity contribution < 1.29 is 13.5 Å². The lowest BCUT2D eigenvalue weighted by atomic mass is 10.1. The third-order valence-electron chi connectivity index (χ3n) is 4.49. The zero-order valence-corrected chi connectivity index (χ0v) is 16.3. The molecule has 0 radical (unpaired) electrons. The van der Waals surface area contributed by atoms with Crippen LogP contribution < -0.4 is 4.74 Å². The largest absolute Gasteiger partial charge is 0.487 e. The molecule has 0 aliphatic rings. The number of nitrogens with zero attached hydrogens (tertiary/aromatic N) is 4. The Kier molecular flexibility index (Phi) is 6.29. The molecule has 4 aromatic rings. The van der Waals surface area contributed by atoms with Crippen molar-refractivity contribution in [2.75, 3.05) is 0 Å². The second-order valence-electron chi connectivity index (χ2n) is 6.76. The maximum Gasteiger partial charge on any atom is 0.218 e. The first-order valence-electron chi connectivity index (χ1n) is 9.68. The quantitative estimate of drug-likeness (QED) is 0.401. The van der Waals surface area contributed by atoms with Crippen molar-refractivity contribution in [1.29, 1.82) is 0 Å². The standard InChI is InChI=1S/C23H21FN4O2/c24-20-8-3-19(4-9-20)7-12-23-26-21(17-30-23)16-29-22-10-5-18(6-11-22)2-1-14-28-15-13-25-27-28/h3-13,15,17H,1-2,14,16H2/b12-7+. The maximum atomic E-state index is 12.9. The molecule has 0 saturated heterocycles. The van der Waals surface area contributed by atoms with Gasteiger partial charge in [-0.05, 0) is 54.3 Å². The third-order valence-corrected chi connectivity index (χ3v) is 4.49. The molecule has 0 bridgehead atoms. The van der Waals surface area contributed by atoms with Gasteiger partial charge in [-0.2, -0.15) is 0 Å². The summed E-state index contributed by atoms with van der Waals surface area (Å²) in [6.45, 7) is 1.17. The summed E-state index contributed by atoms with van der Waals surface area (Å²) in [6.07, 6.45) is 10.6. The topological polar surface area (TPSA) is 66.0 Å². The van der Waals surface area contributed by atoms with Crippen LogP contribution in [0.1, 0.15) is 29.1 Å². The minimum atomic E-state index is -0.262. The Labute approximate surface area is 173 Å². The fraction of sp³-hybridized carbons (Fsp3) is 0.174. The number of hydrogen-bond acceptors (Lipinski definition) is 5. The van der Waals surface area contributed by atoms with E-state index >= 15 is 0 Å². The Hall–Kier alpha value is -3.74. The summed E-state index contributed by atoms with van der Waals surface area (Å²) in [5.74, 6) is 0.990. The van der Waals surface area contributed by atoms with Gasteiger partial charge in [0.2, 0.25) is 5.89 Å². The molecule has 0 aliphatic heterocycles. The van der Waals surface area contributed by atoms with Crippen LogP contribution in [-0.2, 0) is 19.6 Å². The summed E-state index contributed by atoms with van der Waals surface area (Å²) in [6, 6.07) is 14.3. The van der Waals surface area contributed by atoms with Crippen LogP contribution in [0, 0.1) is 5.82 Å². The van der Waals surface area contributed by atoms with Crippen LogP contribution in [0.4, 0.5) is 4.39 Å². The Bertz CT molecular complexity index is 1070. The Morgan fingerprint density at radius 3 is 2.63 bits per heavy atom. The van der Waals surface area contributed by atoms with Crippen LogP contribution in [0.15, 0.2) is 71.6 Å². The predicted octanol–water partition coefficient (Wildman–Crippen LogP) is 4.79. The Morgan fingerprint density at radius 2 is 1.87 bits per heavy atom. The molecule has 0 spiro atoms. The molecule has 2 heterocycles. The van der Waals surface area contributed by atoms with Gasteiger partial charge in [-0.15, -0.1) is 5.10 Å². The number of oxazole rings is 1. The average molecular weight is 404 g/mol. The molecule has 2 aromatic heterocycles. The van der Waals surface area contributed by atoms with E-state index in [4.69, 9.17) is 9.15 Å². The zero-order valence-electron chi connectivity index (χ0n) is 16.3. The van der Waals surface area contributed by atoms with Gasteiger partial charge in [0, 0.05) is 18.8 Å². The number of aryl methyl sites for hydroxylation is 2. The average Bonchev–Trinajstić information content (AvgIpc) is 3.45. The van der Waals surface area contributed by atoms with Gasteiger partial charge in [-0.25, -0.2) is 9.37 Å². The van der Waals surface area contributed by atoms with Crippen LogP contribution in [-0.4, -0.2) is 20.0 Å². The van der Waals surface area contributed by atoms with E-state index in [1.54, 1.807) is 30.7 Å². The number of halogens is 1. The van der Waals surface area contributed by atoms with Crippen LogP contribution >= 0.6 is 0 Å². The summed E-state index contributed by atoms with van der Waals surface area (Å²) in [7, 11) is 0. The summed E-state index contributed by atoms with van der Waals surface area (Å²) < 4.78 is 26.0. The van der Waals surface area contributed by atoms with Crippen molar-refractivity contribution in [3.05, 3.63) is 95.7 Å². The lowest BCUT2D eigenvalue weighted by Gasteiger charge is -2.06. The van der Waals surface area contributed by atoms with E-state index in [0.29, 0.717) is 18.2 Å². The molecule has 0 atom stereocenters. The fourth-order valence-electron chi connectivity index (χ4n) is 2.91. The third kappa shape index (κ3) is 5.64. The number of hydrogen-bond donors (Lipinski definition) is 0. The normalized spacial score (nSPS) is 11.2. The predicted molar refractivity (Wildman–Crippen MR) is 111 cm³/mol. The lowest BCUT2D eigenvalue weighted by molar-refractivity contribution is 0.301. The molecule has 2 aromatic carbocycles. The summed E-state index contributed by atoms with van der Waals surface area (Å²) in [5.41, 5.74) is 2.82. The molecular weight excluding hydrogens is 383 g/mol. The van der Waals surface area contributed by atoms with Crippen molar-refractivity contribution in [2.24, 2.45) is 0 Å². The van der Waals surface area contributed by atoms with Crippen LogP contribution in [0.5, 0.6) is 5.75 Å². The highest BCUT2D eigenvalue weighted by atomic mass is 19.1. The van der Waals surface area contributed by atoms with Crippen molar-refractivity contribution in [2.45, 2.75) is 26.0 Å². The van der Waals surface area contributed by atoms with E-state index in [-0.39, 0.29) is 5.82 Å². The zero-order chi connectivity index (χ0) is 20.6. The molecule has 0 fully saturated rings. The number of ether oxygens (including phenoxy) is 1. The highest BCUT2D eigenvalue weighted by molar-refractivity contribution is 5.65. The number of aromatic nitrogens is 4. The van der Waals surface area contributed by atoms with E-state index < -0.39 is 0 Å². The van der Waals surface area contributed by atoms with Crippen LogP contribution in [0.25, 0.3) is 12.2 Å². The molecule has 0 N–H and O–H groups in total. The van der Waals surface area contributed by atoms with Crippen molar-refractivity contribution in [1.82, 2.24) is 20.0 Å². The highest BCUT2D eigenvalue weighted by Crippen LogP contribution is 2.16. The van der Waals surface area contributed by atoms with E-state index in [2.05, 4.69) is 27.4 Å². The van der Waals surface area contributed by atoms with Crippen molar-refractivity contribution in [3.8, 4) is 5.75 Å². The Morgan fingerprint density at radius 1 is 1.03 bits per heavy atom. The molecule has 152 valence electrons. The van der Waals surface area contributed by atoms with E-state index in [1.807, 2.05) is 29.1 Å². The minimum Gasteiger partial charge on any atom is -0.487 e. The molecule has 0 amide bonds. The maximum absolute atomic E-state index is 12.9. The first-order chi connectivity index (χ1) is 14.7. The van der Waals surface area contributed by atoms with E-state index in [9.17, 15) is 4.39 Å². The molecule has 0 unspecified atom stereocenters. The number of rotatable bonds is 9. The first-order valence-corrected chi connectivity index (χ1v) is 9.68. The van der Waals surface area contributed by atoms with Gasteiger partial charge in [0.15, 0.2) is 0 Å². The van der Waals surface area contributed by atoms with Gasteiger partial charge in [0.25, 0.3) is 0 Å². The smallest absolute Gasteiger partial charge is 0.218 e. The van der Waals surface area contributed by atoms with Crippen molar-refractivity contribution in [3.63, 3.8) is 0 Å². The highest BCUT2D eigenvalue weighted by Gasteiger charge is 2.03. The molecule has 6 nitrogen and oxygen atoms in total. The van der Waals surface area contributed by atoms with Crippen LogP contribution in [0.3, 0.4) is 0 Å². The van der Waals surface area contributed by atoms with E-state index in [1.165, 1.54) is 17.7 Å². The van der Waals surface area contributed by atoms with Gasteiger partial charge >= 0.3 is 0 Å². The summed E-state index contributed by atoms with van der Waals surface area (Å²) >= 11 is 0. The monoisotopic (exact) mass is 404 g/mol. The first kappa shape index (κ1) is 19.6. The molecular formula is C23H21FN4O2. The second kappa shape index (κ2) is 9.65. The van der Waals surface area contributed by atoms with Gasteiger partial charge < -0.3 is 9.15 Å². The summed E-state index contributed by atoms with van der Waals surface area (Å²) in [5, 5.41) is 7.76. The van der Waals surface area contributed by atoms with E-state index in [0.717, 1.165) is 30.7 Å². The molecule has 0 saturated carbocycles. The molecule has 30 heavy (non-hydrogen) atoms. The van der Waals surface area contributed by atoms with Gasteiger partial charge in [0.05, 0.1) is 6.20 Å². The van der Waals surface area contributed by atoms with Crippen molar-refractivity contribution >= 4 is 12.2 Å². The SMILES string of the molecule is Fc1ccc(/C=C/c2nc(COc3ccc(CCCn4ccnn4)cc3)co2)cc1. The van der Waals surface area contributed by atoms with Crippen LogP contribution in [0.2, 0.25) is 0 Å². The fourth-order valence-corrected chi connectivity index (χ4v) is 2.91. The minimum absolute atomic E-state index is 0.262. The second-order valence-corrected chi connectivity index (χ2v) is 6.76. The number of benzene rings is 2. The van der Waals surface area contributed by atoms with Gasteiger partial charge in [-0.1, -0.05) is 29.5 Å².